The summed E-state index contributed by atoms with van der Waals surface area (Å²) in [6.07, 6.45) is 2.06. The number of hydrogen-bond donors (Lipinski definition) is 2. The van der Waals surface area contributed by atoms with Crippen molar-refractivity contribution in [1.29, 1.82) is 0 Å². The highest BCUT2D eigenvalue weighted by Gasteiger charge is 2.18. The van der Waals surface area contributed by atoms with Gasteiger partial charge in [-0.25, -0.2) is 4.79 Å². The van der Waals surface area contributed by atoms with E-state index in [2.05, 4.69) is 10.3 Å². The molecule has 0 radical (unpaired) electrons. The van der Waals surface area contributed by atoms with Gasteiger partial charge in [-0.2, -0.15) is 0 Å². The molecule has 2 heterocycles. The van der Waals surface area contributed by atoms with Crippen molar-refractivity contribution in [3.63, 3.8) is 0 Å². The van der Waals surface area contributed by atoms with Gasteiger partial charge in [-0.3, -0.25) is 4.57 Å². The fourth-order valence-corrected chi connectivity index (χ4v) is 2.50. The number of nitrogens with one attached hydrogen (secondary N) is 2. The molecule has 0 aliphatic carbocycles. The molecule has 17 heavy (non-hydrogen) atoms. The van der Waals surface area contributed by atoms with Gasteiger partial charge in [0.1, 0.15) is 0 Å². The topological polar surface area (TPSA) is 49.8 Å². The molecule has 1 aromatic carbocycles. The normalized spacial score (nSPS) is 16.9. The monoisotopic (exact) mass is 297 g/mol. The zero-order chi connectivity index (χ0) is 11.0. The number of piperidine rings is 1. The summed E-state index contributed by atoms with van der Waals surface area (Å²) in [6.45, 7) is 1.99. The first kappa shape index (κ1) is 12.4. The van der Waals surface area contributed by atoms with Crippen LogP contribution in [0.3, 0.4) is 0 Å². The van der Waals surface area contributed by atoms with Crippen LogP contribution in [0, 0.1) is 0 Å². The van der Waals surface area contributed by atoms with Crippen molar-refractivity contribution in [2.24, 2.45) is 0 Å². The maximum absolute atomic E-state index is 11.9. The zero-order valence-electron chi connectivity index (χ0n) is 9.48. The minimum absolute atomic E-state index is 0. The first-order valence-corrected chi connectivity index (χ1v) is 5.76. The molecule has 1 aliphatic rings. The number of aromatic amines is 1. The smallest absolute Gasteiger partial charge is 0.317 e. The Bertz CT molecular complexity index is 554. The molecule has 0 spiro atoms. The summed E-state index contributed by atoms with van der Waals surface area (Å²) in [6, 6.07) is 8.23. The van der Waals surface area contributed by atoms with Crippen molar-refractivity contribution in [1.82, 2.24) is 14.9 Å². The summed E-state index contributed by atoms with van der Waals surface area (Å²) in [5.74, 6) is 0. The highest BCUT2D eigenvalue weighted by molar-refractivity contribution is 8.93. The van der Waals surface area contributed by atoms with E-state index in [4.69, 9.17) is 0 Å². The third-order valence-corrected chi connectivity index (χ3v) is 3.30. The number of hydrogen-bond acceptors (Lipinski definition) is 2. The first-order valence-electron chi connectivity index (χ1n) is 5.76. The van der Waals surface area contributed by atoms with E-state index in [1.54, 1.807) is 0 Å². The summed E-state index contributed by atoms with van der Waals surface area (Å²) in [4.78, 5) is 14.8. The van der Waals surface area contributed by atoms with E-state index in [-0.39, 0.29) is 22.7 Å². The third kappa shape index (κ3) is 2.17. The molecule has 3 rings (SSSR count). The van der Waals surface area contributed by atoms with E-state index in [0.717, 1.165) is 37.0 Å². The minimum Gasteiger partial charge on any atom is -0.317 e. The predicted octanol–water partition coefficient (Wildman–Crippen LogP) is 1.83. The summed E-state index contributed by atoms with van der Waals surface area (Å²) in [5.41, 5.74) is 1.98. The molecule has 1 saturated heterocycles. The van der Waals surface area contributed by atoms with Crippen molar-refractivity contribution in [3.8, 4) is 0 Å². The van der Waals surface area contributed by atoms with E-state index in [9.17, 15) is 4.79 Å². The van der Waals surface area contributed by atoms with Gasteiger partial charge in [0.05, 0.1) is 11.0 Å². The largest absolute Gasteiger partial charge is 0.326 e. The lowest BCUT2D eigenvalue weighted by Crippen LogP contribution is -2.33. The first-order chi connectivity index (χ1) is 7.86. The molecule has 1 aromatic heterocycles. The van der Waals surface area contributed by atoms with Crippen molar-refractivity contribution in [2.45, 2.75) is 18.9 Å². The van der Waals surface area contributed by atoms with Gasteiger partial charge in [0.2, 0.25) is 0 Å². The molecule has 0 amide bonds. The minimum atomic E-state index is 0. The lowest BCUT2D eigenvalue weighted by atomic mass is 10.1. The molecule has 1 aliphatic heterocycles. The van der Waals surface area contributed by atoms with E-state index in [0.29, 0.717) is 6.04 Å². The Hall–Kier alpha value is -1.07. The van der Waals surface area contributed by atoms with Crippen LogP contribution in [0.2, 0.25) is 0 Å². The Morgan fingerprint density at radius 1 is 1.18 bits per heavy atom. The molecule has 0 unspecified atom stereocenters. The molecule has 1 fully saturated rings. The third-order valence-electron chi connectivity index (χ3n) is 3.30. The molecule has 0 bridgehead atoms. The number of fused-ring (bicyclic) bond motifs is 1. The molecular formula is C12H16BrN3O. The maximum atomic E-state index is 11.9. The number of imidazole rings is 1. The van der Waals surface area contributed by atoms with E-state index in [1.165, 1.54) is 0 Å². The fourth-order valence-electron chi connectivity index (χ4n) is 2.50. The molecule has 2 N–H and O–H groups in total. The Balaban J connectivity index is 0.00000108. The molecule has 4 nitrogen and oxygen atoms in total. The lowest BCUT2D eigenvalue weighted by molar-refractivity contribution is 0.368. The number of halogens is 1. The van der Waals surface area contributed by atoms with Gasteiger partial charge < -0.3 is 10.3 Å². The molecule has 5 heteroatoms. The van der Waals surface area contributed by atoms with Gasteiger partial charge in [0.25, 0.3) is 0 Å². The van der Waals surface area contributed by atoms with Gasteiger partial charge in [-0.1, -0.05) is 12.1 Å². The van der Waals surface area contributed by atoms with Crippen LogP contribution in [0.5, 0.6) is 0 Å². The Labute approximate surface area is 110 Å². The Morgan fingerprint density at radius 3 is 2.65 bits per heavy atom. The Morgan fingerprint density at radius 2 is 1.88 bits per heavy atom. The summed E-state index contributed by atoms with van der Waals surface area (Å²) in [7, 11) is 0. The quantitative estimate of drug-likeness (QED) is 0.844. The van der Waals surface area contributed by atoms with Gasteiger partial charge in [0, 0.05) is 6.04 Å². The Kier molecular flexibility index (Phi) is 3.69. The van der Waals surface area contributed by atoms with Crippen LogP contribution in [0.1, 0.15) is 18.9 Å². The summed E-state index contributed by atoms with van der Waals surface area (Å²) < 4.78 is 1.91. The second kappa shape index (κ2) is 5.06. The molecule has 0 atom stereocenters. The fraction of sp³-hybridized carbons (Fsp3) is 0.417. The van der Waals surface area contributed by atoms with E-state index >= 15 is 0 Å². The second-order valence-electron chi connectivity index (χ2n) is 4.30. The second-order valence-corrected chi connectivity index (χ2v) is 4.30. The van der Waals surface area contributed by atoms with Crippen LogP contribution >= 0.6 is 17.0 Å². The number of nitrogens with zero attached hydrogens (tertiary/aromatic N) is 1. The van der Waals surface area contributed by atoms with E-state index in [1.807, 2.05) is 28.8 Å². The summed E-state index contributed by atoms with van der Waals surface area (Å²) in [5, 5.41) is 3.32. The van der Waals surface area contributed by atoms with Crippen LogP contribution in [-0.4, -0.2) is 22.6 Å². The lowest BCUT2D eigenvalue weighted by Gasteiger charge is -2.23. The van der Waals surface area contributed by atoms with Crippen molar-refractivity contribution >= 4 is 28.0 Å². The number of para-hydroxylation sites is 2. The van der Waals surface area contributed by atoms with Crippen molar-refractivity contribution in [3.05, 3.63) is 34.7 Å². The molecule has 2 aromatic rings. The van der Waals surface area contributed by atoms with Crippen LogP contribution in [0.25, 0.3) is 11.0 Å². The summed E-state index contributed by atoms with van der Waals surface area (Å²) >= 11 is 0. The van der Waals surface area contributed by atoms with Crippen molar-refractivity contribution < 1.29 is 0 Å². The SMILES string of the molecule is Br.O=c1[nH]c2ccccc2n1C1CCNCC1. The van der Waals surface area contributed by atoms with Crippen LogP contribution in [0.15, 0.2) is 29.1 Å². The number of benzene rings is 1. The van der Waals surface area contributed by atoms with Crippen LogP contribution in [0.4, 0.5) is 0 Å². The van der Waals surface area contributed by atoms with Gasteiger partial charge >= 0.3 is 5.69 Å². The average molecular weight is 298 g/mol. The number of aromatic nitrogens is 2. The van der Waals surface area contributed by atoms with Crippen molar-refractivity contribution in [2.75, 3.05) is 13.1 Å². The molecular weight excluding hydrogens is 282 g/mol. The predicted molar refractivity (Wildman–Crippen MR) is 74.0 cm³/mol. The van der Waals surface area contributed by atoms with Gasteiger partial charge in [-0.15, -0.1) is 17.0 Å². The molecule has 0 saturated carbocycles. The van der Waals surface area contributed by atoms with Crippen LogP contribution < -0.4 is 11.0 Å². The van der Waals surface area contributed by atoms with E-state index < -0.39 is 0 Å². The molecule has 92 valence electrons. The number of rotatable bonds is 1. The van der Waals surface area contributed by atoms with Crippen LogP contribution in [-0.2, 0) is 0 Å². The standard InChI is InChI=1S/C12H15N3O.BrH/c16-12-14-10-3-1-2-4-11(10)15(12)9-5-7-13-8-6-9;/h1-4,9,13H,5-8H2,(H,14,16);1H. The maximum Gasteiger partial charge on any atom is 0.326 e. The highest BCUT2D eigenvalue weighted by atomic mass is 79.9. The number of H-pyrrole nitrogens is 1. The zero-order valence-corrected chi connectivity index (χ0v) is 11.2. The average Bonchev–Trinajstić information content (AvgIpc) is 2.66. The van der Waals surface area contributed by atoms with Gasteiger partial charge in [-0.05, 0) is 38.1 Å². The highest BCUT2D eigenvalue weighted by Crippen LogP contribution is 2.21. The van der Waals surface area contributed by atoms with Gasteiger partial charge in [0.15, 0.2) is 0 Å².